The molecular formula is C13H13F2NS. The third-order valence-electron chi connectivity index (χ3n) is 2.68. The van der Waals surface area contributed by atoms with E-state index in [0.29, 0.717) is 12.1 Å². The molecule has 0 aliphatic rings. The monoisotopic (exact) mass is 253 g/mol. The van der Waals surface area contributed by atoms with Crippen LogP contribution in [-0.4, -0.2) is 6.54 Å². The Bertz CT molecular complexity index is 522. The van der Waals surface area contributed by atoms with E-state index in [4.69, 9.17) is 5.73 Å². The standard InChI is InChI=1S/C13H13F2NS/c1-8-2-5-13(17-8)11(7-16)10-4-3-9(14)6-12(10)15/h2-6,11H,7,16H2,1H3. The van der Waals surface area contributed by atoms with Gasteiger partial charge in [0.15, 0.2) is 0 Å². The van der Waals surface area contributed by atoms with Gasteiger partial charge >= 0.3 is 0 Å². The summed E-state index contributed by atoms with van der Waals surface area (Å²) in [6.45, 7) is 2.30. The Morgan fingerprint density at radius 2 is 2.00 bits per heavy atom. The summed E-state index contributed by atoms with van der Waals surface area (Å²) in [5.74, 6) is -1.30. The number of aryl methyl sites for hydroxylation is 1. The molecule has 0 saturated heterocycles. The number of thiophene rings is 1. The maximum Gasteiger partial charge on any atom is 0.130 e. The van der Waals surface area contributed by atoms with E-state index in [2.05, 4.69) is 0 Å². The molecule has 1 unspecified atom stereocenters. The van der Waals surface area contributed by atoms with Crippen LogP contribution in [0.5, 0.6) is 0 Å². The molecule has 1 aromatic heterocycles. The van der Waals surface area contributed by atoms with Crippen LogP contribution in [0.25, 0.3) is 0 Å². The number of hydrogen-bond donors (Lipinski definition) is 1. The van der Waals surface area contributed by atoms with Crippen LogP contribution in [0.3, 0.4) is 0 Å². The predicted octanol–water partition coefficient (Wildman–Crippen LogP) is 3.43. The van der Waals surface area contributed by atoms with Crippen LogP contribution in [0.4, 0.5) is 8.78 Å². The minimum absolute atomic E-state index is 0.200. The second-order valence-corrected chi connectivity index (χ2v) is 5.22. The van der Waals surface area contributed by atoms with Gasteiger partial charge in [-0.1, -0.05) is 6.07 Å². The van der Waals surface area contributed by atoms with Crippen molar-refractivity contribution in [2.24, 2.45) is 5.73 Å². The highest BCUT2D eigenvalue weighted by atomic mass is 32.1. The molecule has 2 aromatic rings. The average molecular weight is 253 g/mol. The summed E-state index contributed by atoms with van der Waals surface area (Å²) in [7, 11) is 0. The minimum atomic E-state index is -0.565. The molecular weight excluding hydrogens is 240 g/mol. The van der Waals surface area contributed by atoms with E-state index in [1.165, 1.54) is 12.1 Å². The highest BCUT2D eigenvalue weighted by molar-refractivity contribution is 7.12. The molecule has 90 valence electrons. The first-order chi connectivity index (χ1) is 8.11. The third-order valence-corrected chi connectivity index (χ3v) is 3.79. The van der Waals surface area contributed by atoms with Gasteiger partial charge in [-0.2, -0.15) is 0 Å². The van der Waals surface area contributed by atoms with Crippen LogP contribution < -0.4 is 5.73 Å². The van der Waals surface area contributed by atoms with Crippen molar-refractivity contribution in [3.63, 3.8) is 0 Å². The van der Waals surface area contributed by atoms with Crippen molar-refractivity contribution in [2.45, 2.75) is 12.8 Å². The van der Waals surface area contributed by atoms with Crippen LogP contribution in [0.2, 0.25) is 0 Å². The highest BCUT2D eigenvalue weighted by Gasteiger charge is 2.18. The molecule has 0 aliphatic heterocycles. The van der Waals surface area contributed by atoms with Gasteiger partial charge in [0.2, 0.25) is 0 Å². The lowest BCUT2D eigenvalue weighted by molar-refractivity contribution is 0.565. The molecule has 1 nitrogen and oxygen atoms in total. The molecule has 0 fully saturated rings. The maximum atomic E-state index is 13.7. The Labute approximate surface area is 103 Å². The Hall–Kier alpha value is -1.26. The van der Waals surface area contributed by atoms with Gasteiger partial charge in [0.25, 0.3) is 0 Å². The zero-order chi connectivity index (χ0) is 12.4. The molecule has 1 aromatic carbocycles. The number of benzene rings is 1. The minimum Gasteiger partial charge on any atom is -0.329 e. The van der Waals surface area contributed by atoms with Crippen molar-refractivity contribution in [3.05, 3.63) is 57.3 Å². The van der Waals surface area contributed by atoms with Crippen molar-refractivity contribution in [1.29, 1.82) is 0 Å². The molecule has 1 atom stereocenters. The third kappa shape index (κ3) is 2.53. The topological polar surface area (TPSA) is 26.0 Å². The number of hydrogen-bond acceptors (Lipinski definition) is 2. The largest absolute Gasteiger partial charge is 0.329 e. The van der Waals surface area contributed by atoms with E-state index in [1.807, 2.05) is 19.1 Å². The van der Waals surface area contributed by atoms with Gasteiger partial charge in [0, 0.05) is 28.3 Å². The first-order valence-corrected chi connectivity index (χ1v) is 6.15. The summed E-state index contributed by atoms with van der Waals surface area (Å²) in [5.41, 5.74) is 6.15. The van der Waals surface area contributed by atoms with Crippen molar-refractivity contribution >= 4 is 11.3 Å². The summed E-state index contributed by atoms with van der Waals surface area (Å²) in [4.78, 5) is 2.16. The predicted molar refractivity (Wildman–Crippen MR) is 66.3 cm³/mol. The molecule has 0 aliphatic carbocycles. The average Bonchev–Trinajstić information content (AvgIpc) is 2.69. The summed E-state index contributed by atoms with van der Waals surface area (Å²) in [5, 5.41) is 0. The zero-order valence-electron chi connectivity index (χ0n) is 9.41. The summed E-state index contributed by atoms with van der Waals surface area (Å²) < 4.78 is 26.5. The maximum absolute atomic E-state index is 13.7. The molecule has 0 radical (unpaired) electrons. The van der Waals surface area contributed by atoms with Gasteiger partial charge in [-0.3, -0.25) is 0 Å². The molecule has 0 amide bonds. The van der Waals surface area contributed by atoms with Gasteiger partial charge in [-0.05, 0) is 30.7 Å². The van der Waals surface area contributed by atoms with Crippen molar-refractivity contribution in [1.82, 2.24) is 0 Å². The molecule has 2 N–H and O–H groups in total. The Morgan fingerprint density at radius 1 is 1.24 bits per heavy atom. The van der Waals surface area contributed by atoms with E-state index in [9.17, 15) is 8.78 Å². The number of halogens is 2. The van der Waals surface area contributed by atoms with E-state index in [1.54, 1.807) is 11.3 Å². The van der Waals surface area contributed by atoms with Gasteiger partial charge in [-0.25, -0.2) is 8.78 Å². The van der Waals surface area contributed by atoms with Crippen LogP contribution in [0, 0.1) is 18.6 Å². The Kier molecular flexibility index (Phi) is 3.54. The summed E-state index contributed by atoms with van der Waals surface area (Å²) >= 11 is 1.59. The van der Waals surface area contributed by atoms with Crippen LogP contribution >= 0.6 is 11.3 Å². The second kappa shape index (κ2) is 4.94. The molecule has 0 spiro atoms. The highest BCUT2D eigenvalue weighted by Crippen LogP contribution is 2.31. The van der Waals surface area contributed by atoms with Crippen LogP contribution in [-0.2, 0) is 0 Å². The van der Waals surface area contributed by atoms with Crippen LogP contribution in [0.1, 0.15) is 21.2 Å². The number of nitrogens with two attached hydrogens (primary N) is 1. The smallest absolute Gasteiger partial charge is 0.130 e. The lowest BCUT2D eigenvalue weighted by atomic mass is 9.97. The molecule has 4 heteroatoms. The first-order valence-electron chi connectivity index (χ1n) is 5.33. The lowest BCUT2D eigenvalue weighted by Crippen LogP contribution is -2.14. The van der Waals surface area contributed by atoms with Gasteiger partial charge in [-0.15, -0.1) is 11.3 Å². The fourth-order valence-corrected chi connectivity index (χ4v) is 2.83. The second-order valence-electron chi connectivity index (χ2n) is 3.90. The SMILES string of the molecule is Cc1ccc(C(CN)c2ccc(F)cc2F)s1. The fraction of sp³-hybridized carbons (Fsp3) is 0.231. The van der Waals surface area contributed by atoms with E-state index < -0.39 is 11.6 Å². The van der Waals surface area contributed by atoms with Crippen molar-refractivity contribution < 1.29 is 8.78 Å². The van der Waals surface area contributed by atoms with E-state index in [0.717, 1.165) is 15.8 Å². The van der Waals surface area contributed by atoms with Gasteiger partial charge in [0.1, 0.15) is 11.6 Å². The van der Waals surface area contributed by atoms with Gasteiger partial charge in [0.05, 0.1) is 0 Å². The van der Waals surface area contributed by atoms with Crippen LogP contribution in [0.15, 0.2) is 30.3 Å². The Morgan fingerprint density at radius 3 is 2.53 bits per heavy atom. The Balaban J connectivity index is 2.42. The molecule has 17 heavy (non-hydrogen) atoms. The van der Waals surface area contributed by atoms with Crippen molar-refractivity contribution in [3.8, 4) is 0 Å². The molecule has 2 rings (SSSR count). The number of rotatable bonds is 3. The molecule has 1 heterocycles. The van der Waals surface area contributed by atoms with E-state index in [-0.39, 0.29) is 5.92 Å². The first kappa shape index (κ1) is 12.2. The summed E-state index contributed by atoms with van der Waals surface area (Å²) in [6.07, 6.45) is 0. The normalized spacial score (nSPS) is 12.7. The van der Waals surface area contributed by atoms with E-state index >= 15 is 0 Å². The van der Waals surface area contributed by atoms with Crippen molar-refractivity contribution in [2.75, 3.05) is 6.54 Å². The molecule has 0 bridgehead atoms. The summed E-state index contributed by atoms with van der Waals surface area (Å²) in [6, 6.07) is 7.56. The zero-order valence-corrected chi connectivity index (χ0v) is 10.2. The van der Waals surface area contributed by atoms with Gasteiger partial charge < -0.3 is 5.73 Å². The molecule has 0 saturated carbocycles. The quantitative estimate of drug-likeness (QED) is 0.891. The lowest BCUT2D eigenvalue weighted by Gasteiger charge is -2.14. The fourth-order valence-electron chi connectivity index (χ4n) is 1.82.